The van der Waals surface area contributed by atoms with E-state index in [1.165, 1.54) is 25.8 Å². The van der Waals surface area contributed by atoms with Crippen LogP contribution < -0.4 is 5.32 Å². The zero-order valence-corrected chi connectivity index (χ0v) is 12.9. The topological polar surface area (TPSA) is 35.5 Å². The number of aliphatic hydroxyl groups excluding tert-OH is 1. The first kappa shape index (κ1) is 15.3. The fourth-order valence-corrected chi connectivity index (χ4v) is 3.95. The van der Waals surface area contributed by atoms with Crippen LogP contribution in [0.3, 0.4) is 0 Å². The van der Waals surface area contributed by atoms with Gasteiger partial charge in [-0.15, -0.1) is 0 Å². The highest BCUT2D eigenvalue weighted by Crippen LogP contribution is 2.34. The number of rotatable bonds is 5. The minimum Gasteiger partial charge on any atom is -0.392 e. The van der Waals surface area contributed by atoms with Crippen molar-refractivity contribution < 1.29 is 5.11 Å². The quantitative estimate of drug-likeness (QED) is 0.801. The third kappa shape index (κ3) is 4.17. The summed E-state index contributed by atoms with van der Waals surface area (Å²) in [6.07, 6.45) is 4.96. The molecule has 0 aromatic heterocycles. The number of likely N-dealkylation sites (tertiary alicyclic amines) is 1. The summed E-state index contributed by atoms with van der Waals surface area (Å²) in [5.41, 5.74) is 0. The van der Waals surface area contributed by atoms with Crippen molar-refractivity contribution in [1.29, 1.82) is 0 Å². The zero-order valence-electron chi connectivity index (χ0n) is 12.9. The predicted molar refractivity (Wildman–Crippen MR) is 80.2 cm³/mol. The van der Waals surface area contributed by atoms with Crippen molar-refractivity contribution in [3.63, 3.8) is 0 Å². The molecule has 2 aliphatic rings. The van der Waals surface area contributed by atoms with Crippen molar-refractivity contribution >= 4 is 0 Å². The lowest BCUT2D eigenvalue weighted by Crippen LogP contribution is -2.46. The second kappa shape index (κ2) is 7.05. The van der Waals surface area contributed by atoms with Gasteiger partial charge in [0.2, 0.25) is 0 Å². The molecule has 0 aromatic carbocycles. The molecule has 0 amide bonds. The summed E-state index contributed by atoms with van der Waals surface area (Å²) in [6.45, 7) is 11.2. The van der Waals surface area contributed by atoms with Crippen LogP contribution in [0.2, 0.25) is 0 Å². The lowest BCUT2D eigenvalue weighted by molar-refractivity contribution is 0.121. The number of nitrogens with one attached hydrogen (secondary N) is 1. The normalized spacial score (nSPS) is 37.1. The molecule has 2 fully saturated rings. The van der Waals surface area contributed by atoms with E-state index in [-0.39, 0.29) is 6.10 Å². The SMILES string of the molecule is CCNC1CCC(C(C)C)CC1CN1CCC(O)C1. The van der Waals surface area contributed by atoms with Gasteiger partial charge in [0.15, 0.2) is 0 Å². The average molecular weight is 268 g/mol. The molecule has 0 spiro atoms. The first-order valence-corrected chi connectivity index (χ1v) is 8.24. The Balaban J connectivity index is 1.91. The van der Waals surface area contributed by atoms with Gasteiger partial charge >= 0.3 is 0 Å². The van der Waals surface area contributed by atoms with Gasteiger partial charge in [0.05, 0.1) is 6.10 Å². The maximum absolute atomic E-state index is 9.68. The van der Waals surface area contributed by atoms with E-state index in [4.69, 9.17) is 0 Å². The average Bonchev–Trinajstić information content (AvgIpc) is 2.77. The largest absolute Gasteiger partial charge is 0.392 e. The molecule has 1 aliphatic heterocycles. The molecule has 0 radical (unpaired) electrons. The van der Waals surface area contributed by atoms with Crippen LogP contribution in [0.1, 0.15) is 46.5 Å². The highest BCUT2D eigenvalue weighted by molar-refractivity contribution is 4.89. The summed E-state index contributed by atoms with van der Waals surface area (Å²) in [4.78, 5) is 2.47. The van der Waals surface area contributed by atoms with E-state index in [9.17, 15) is 5.11 Å². The van der Waals surface area contributed by atoms with E-state index in [1.54, 1.807) is 0 Å². The molecular formula is C16H32N2O. The molecule has 1 saturated carbocycles. The van der Waals surface area contributed by atoms with Crippen molar-refractivity contribution in [2.45, 2.75) is 58.6 Å². The third-order valence-electron chi connectivity index (χ3n) is 5.17. The van der Waals surface area contributed by atoms with Gasteiger partial charge < -0.3 is 15.3 Å². The summed E-state index contributed by atoms with van der Waals surface area (Å²) in [5.74, 6) is 2.48. The smallest absolute Gasteiger partial charge is 0.0679 e. The van der Waals surface area contributed by atoms with Gasteiger partial charge in [-0.25, -0.2) is 0 Å². The van der Waals surface area contributed by atoms with E-state index in [1.807, 2.05) is 0 Å². The Bertz CT molecular complexity index is 269. The van der Waals surface area contributed by atoms with E-state index in [0.717, 1.165) is 43.8 Å². The molecule has 4 unspecified atom stereocenters. The minimum atomic E-state index is -0.0814. The molecule has 0 aromatic rings. The van der Waals surface area contributed by atoms with Gasteiger partial charge in [-0.2, -0.15) is 0 Å². The Labute approximate surface area is 118 Å². The van der Waals surface area contributed by atoms with Gasteiger partial charge in [-0.3, -0.25) is 0 Å². The standard InChI is InChI=1S/C16H32N2O/c1-4-17-16-6-5-13(12(2)3)9-14(16)10-18-8-7-15(19)11-18/h12-17,19H,4-11H2,1-3H3. The van der Waals surface area contributed by atoms with Crippen LogP contribution in [0, 0.1) is 17.8 Å². The number of hydrogen-bond donors (Lipinski definition) is 2. The number of β-amino-alcohol motifs (C(OH)–C–C–N with tert-alkyl or cyclic N) is 1. The summed E-state index contributed by atoms with van der Waals surface area (Å²) in [7, 11) is 0. The monoisotopic (exact) mass is 268 g/mol. The second-order valence-electron chi connectivity index (χ2n) is 6.94. The Morgan fingerprint density at radius 2 is 2.05 bits per heavy atom. The van der Waals surface area contributed by atoms with Crippen LogP contribution >= 0.6 is 0 Å². The number of hydrogen-bond acceptors (Lipinski definition) is 3. The Kier molecular flexibility index (Phi) is 5.67. The van der Waals surface area contributed by atoms with Gasteiger partial charge in [0.1, 0.15) is 0 Å². The van der Waals surface area contributed by atoms with Gasteiger partial charge in [-0.05, 0) is 50.0 Å². The molecule has 3 heteroatoms. The number of aliphatic hydroxyl groups is 1. The summed E-state index contributed by atoms with van der Waals surface area (Å²) in [5, 5.41) is 13.4. The zero-order chi connectivity index (χ0) is 13.8. The fraction of sp³-hybridized carbons (Fsp3) is 1.00. The maximum Gasteiger partial charge on any atom is 0.0679 e. The van der Waals surface area contributed by atoms with Crippen molar-refractivity contribution in [3.05, 3.63) is 0 Å². The molecule has 2 rings (SSSR count). The molecular weight excluding hydrogens is 236 g/mol. The predicted octanol–water partition coefficient (Wildman–Crippen LogP) is 2.10. The van der Waals surface area contributed by atoms with Crippen LogP contribution in [-0.4, -0.2) is 48.3 Å². The highest BCUT2D eigenvalue weighted by Gasteiger charge is 2.33. The molecule has 19 heavy (non-hydrogen) atoms. The van der Waals surface area contributed by atoms with E-state index >= 15 is 0 Å². The molecule has 0 bridgehead atoms. The summed E-state index contributed by atoms with van der Waals surface area (Å²) >= 11 is 0. The van der Waals surface area contributed by atoms with Crippen LogP contribution in [0.4, 0.5) is 0 Å². The molecule has 1 heterocycles. The maximum atomic E-state index is 9.68. The van der Waals surface area contributed by atoms with Gasteiger partial charge in [0.25, 0.3) is 0 Å². The molecule has 112 valence electrons. The summed E-state index contributed by atoms with van der Waals surface area (Å²) < 4.78 is 0. The van der Waals surface area contributed by atoms with Crippen molar-refractivity contribution in [1.82, 2.24) is 10.2 Å². The molecule has 2 N–H and O–H groups in total. The van der Waals surface area contributed by atoms with E-state index in [0.29, 0.717) is 6.04 Å². The molecule has 3 nitrogen and oxygen atoms in total. The lowest BCUT2D eigenvalue weighted by Gasteiger charge is -2.40. The Hall–Kier alpha value is -0.120. The molecule has 4 atom stereocenters. The fourth-order valence-electron chi connectivity index (χ4n) is 3.95. The van der Waals surface area contributed by atoms with Crippen molar-refractivity contribution in [2.75, 3.05) is 26.2 Å². The van der Waals surface area contributed by atoms with Crippen molar-refractivity contribution in [2.24, 2.45) is 17.8 Å². The van der Waals surface area contributed by atoms with Gasteiger partial charge in [0, 0.05) is 25.7 Å². The number of nitrogens with zero attached hydrogens (tertiary/aromatic N) is 1. The molecule has 1 saturated heterocycles. The lowest BCUT2D eigenvalue weighted by atomic mass is 9.73. The Morgan fingerprint density at radius 1 is 1.26 bits per heavy atom. The summed E-state index contributed by atoms with van der Waals surface area (Å²) in [6, 6.07) is 0.692. The minimum absolute atomic E-state index is 0.0814. The van der Waals surface area contributed by atoms with Crippen molar-refractivity contribution in [3.8, 4) is 0 Å². The molecule has 1 aliphatic carbocycles. The van der Waals surface area contributed by atoms with E-state index < -0.39 is 0 Å². The highest BCUT2D eigenvalue weighted by atomic mass is 16.3. The van der Waals surface area contributed by atoms with E-state index in [2.05, 4.69) is 31.0 Å². The second-order valence-corrected chi connectivity index (χ2v) is 6.94. The first-order valence-electron chi connectivity index (χ1n) is 8.24. The first-order chi connectivity index (χ1) is 9.10. The van der Waals surface area contributed by atoms with Crippen LogP contribution in [0.25, 0.3) is 0 Å². The van der Waals surface area contributed by atoms with Gasteiger partial charge in [-0.1, -0.05) is 20.8 Å². The Morgan fingerprint density at radius 3 is 2.63 bits per heavy atom. The van der Waals surface area contributed by atoms with Crippen LogP contribution in [0.5, 0.6) is 0 Å². The van der Waals surface area contributed by atoms with Crippen LogP contribution in [-0.2, 0) is 0 Å². The van der Waals surface area contributed by atoms with Crippen LogP contribution in [0.15, 0.2) is 0 Å². The third-order valence-corrected chi connectivity index (χ3v) is 5.17.